The molecule has 1 amide bonds. The molecular weight excluding hydrogens is 238 g/mol. The fourth-order valence-corrected chi connectivity index (χ4v) is 2.20. The molecule has 0 fully saturated rings. The van der Waals surface area contributed by atoms with Crippen molar-refractivity contribution in [2.75, 3.05) is 12.8 Å². The van der Waals surface area contributed by atoms with Crippen LogP contribution in [0.3, 0.4) is 0 Å². The number of aromatic nitrogens is 4. The summed E-state index contributed by atoms with van der Waals surface area (Å²) in [6, 6.07) is 0. The first kappa shape index (κ1) is 14.0. The molecule has 0 spiro atoms. The molecule has 6 nitrogen and oxygen atoms in total. The molecule has 1 N–H and O–H groups in total. The van der Waals surface area contributed by atoms with E-state index in [9.17, 15) is 4.79 Å². The summed E-state index contributed by atoms with van der Waals surface area (Å²) < 4.78 is 1.76. The number of thioether (sulfide) groups is 1. The van der Waals surface area contributed by atoms with Gasteiger partial charge in [-0.05, 0) is 37.0 Å². The first-order valence-corrected chi connectivity index (χ1v) is 7.07. The number of amides is 1. The summed E-state index contributed by atoms with van der Waals surface area (Å²) in [7, 11) is 0. The van der Waals surface area contributed by atoms with Crippen LogP contribution in [0.25, 0.3) is 0 Å². The first-order chi connectivity index (χ1) is 8.22. The monoisotopic (exact) mass is 257 g/mol. The van der Waals surface area contributed by atoms with Crippen LogP contribution < -0.4 is 5.32 Å². The van der Waals surface area contributed by atoms with Crippen molar-refractivity contribution in [3.8, 4) is 0 Å². The SMILES string of the molecule is CCNC(=O)C(CCc1nnnn1CC)SC. The molecule has 17 heavy (non-hydrogen) atoms. The molecule has 0 radical (unpaired) electrons. The Morgan fingerprint density at radius 3 is 2.88 bits per heavy atom. The summed E-state index contributed by atoms with van der Waals surface area (Å²) in [6.07, 6.45) is 3.43. The molecule has 0 saturated heterocycles. The summed E-state index contributed by atoms with van der Waals surface area (Å²) in [5.41, 5.74) is 0. The van der Waals surface area contributed by atoms with Crippen molar-refractivity contribution in [3.63, 3.8) is 0 Å². The average molecular weight is 257 g/mol. The van der Waals surface area contributed by atoms with Crippen molar-refractivity contribution in [3.05, 3.63) is 5.82 Å². The summed E-state index contributed by atoms with van der Waals surface area (Å²) in [5, 5.41) is 14.3. The van der Waals surface area contributed by atoms with Gasteiger partial charge in [-0.15, -0.1) is 5.10 Å². The van der Waals surface area contributed by atoms with E-state index in [-0.39, 0.29) is 11.2 Å². The fraction of sp³-hybridized carbons (Fsp3) is 0.800. The summed E-state index contributed by atoms with van der Waals surface area (Å²) in [4.78, 5) is 11.7. The highest BCUT2D eigenvalue weighted by atomic mass is 32.2. The van der Waals surface area contributed by atoms with Crippen LogP contribution in [0.5, 0.6) is 0 Å². The topological polar surface area (TPSA) is 72.7 Å². The molecule has 7 heteroatoms. The Bertz CT molecular complexity index is 354. The number of aryl methyl sites for hydroxylation is 2. The predicted molar refractivity (Wildman–Crippen MR) is 67.8 cm³/mol. The Balaban J connectivity index is 2.50. The van der Waals surface area contributed by atoms with Crippen molar-refractivity contribution in [2.45, 2.75) is 38.5 Å². The van der Waals surface area contributed by atoms with E-state index in [1.165, 1.54) is 0 Å². The average Bonchev–Trinajstić information content (AvgIpc) is 2.77. The number of hydrogen-bond acceptors (Lipinski definition) is 5. The van der Waals surface area contributed by atoms with Crippen LogP contribution in [0.15, 0.2) is 0 Å². The van der Waals surface area contributed by atoms with Gasteiger partial charge in [-0.2, -0.15) is 11.8 Å². The quantitative estimate of drug-likeness (QED) is 0.770. The molecule has 1 atom stereocenters. The maximum absolute atomic E-state index is 11.7. The summed E-state index contributed by atoms with van der Waals surface area (Å²) in [5.74, 6) is 0.936. The lowest BCUT2D eigenvalue weighted by molar-refractivity contribution is -0.120. The maximum Gasteiger partial charge on any atom is 0.233 e. The van der Waals surface area contributed by atoms with Crippen LogP contribution in [0.4, 0.5) is 0 Å². The summed E-state index contributed by atoms with van der Waals surface area (Å²) in [6.45, 7) is 5.35. The Morgan fingerprint density at radius 1 is 1.53 bits per heavy atom. The van der Waals surface area contributed by atoms with Gasteiger partial charge >= 0.3 is 0 Å². The number of hydrogen-bond donors (Lipinski definition) is 1. The van der Waals surface area contributed by atoms with Crippen molar-refractivity contribution in [2.24, 2.45) is 0 Å². The molecule has 1 heterocycles. The Hall–Kier alpha value is -1.11. The molecule has 1 rings (SSSR count). The van der Waals surface area contributed by atoms with Crippen LogP contribution in [0, 0.1) is 0 Å². The van der Waals surface area contributed by atoms with Gasteiger partial charge in [-0.1, -0.05) is 0 Å². The van der Waals surface area contributed by atoms with Crippen molar-refractivity contribution < 1.29 is 4.79 Å². The number of carbonyl (C=O) groups is 1. The number of nitrogens with zero attached hydrogens (tertiary/aromatic N) is 4. The second-order valence-corrected chi connectivity index (χ2v) is 4.61. The van der Waals surface area contributed by atoms with Gasteiger partial charge < -0.3 is 5.32 Å². The molecule has 1 aromatic heterocycles. The predicted octanol–water partition coefficient (Wildman–Crippen LogP) is 0.493. The van der Waals surface area contributed by atoms with Crippen LogP contribution in [-0.2, 0) is 17.8 Å². The number of rotatable bonds is 7. The van der Waals surface area contributed by atoms with Gasteiger partial charge in [0.05, 0.1) is 5.25 Å². The normalized spacial score (nSPS) is 12.4. The van der Waals surface area contributed by atoms with Crippen LogP contribution >= 0.6 is 11.8 Å². The zero-order valence-electron chi connectivity index (χ0n) is 10.5. The fourth-order valence-electron chi connectivity index (χ4n) is 1.55. The zero-order valence-corrected chi connectivity index (χ0v) is 11.3. The van der Waals surface area contributed by atoms with Gasteiger partial charge in [0.25, 0.3) is 0 Å². The van der Waals surface area contributed by atoms with E-state index in [1.807, 2.05) is 20.1 Å². The van der Waals surface area contributed by atoms with Gasteiger partial charge in [0.15, 0.2) is 5.82 Å². The van der Waals surface area contributed by atoms with E-state index < -0.39 is 0 Å². The first-order valence-electron chi connectivity index (χ1n) is 5.78. The molecule has 96 valence electrons. The minimum Gasteiger partial charge on any atom is -0.355 e. The highest BCUT2D eigenvalue weighted by molar-refractivity contribution is 7.99. The molecule has 1 aromatic rings. The molecule has 0 aliphatic carbocycles. The van der Waals surface area contributed by atoms with Crippen molar-refractivity contribution >= 4 is 17.7 Å². The minimum absolute atomic E-state index is 0.0306. The third-order valence-corrected chi connectivity index (χ3v) is 3.48. The van der Waals surface area contributed by atoms with Gasteiger partial charge in [0.1, 0.15) is 0 Å². The van der Waals surface area contributed by atoms with E-state index >= 15 is 0 Å². The van der Waals surface area contributed by atoms with Crippen molar-refractivity contribution in [1.29, 1.82) is 0 Å². The Labute approximate surface area is 106 Å². The number of nitrogens with one attached hydrogen (secondary N) is 1. The second kappa shape index (κ2) is 7.26. The second-order valence-electron chi connectivity index (χ2n) is 3.57. The van der Waals surface area contributed by atoms with E-state index in [4.69, 9.17) is 0 Å². The lowest BCUT2D eigenvalue weighted by atomic mass is 10.2. The van der Waals surface area contributed by atoms with Gasteiger partial charge in [0.2, 0.25) is 5.91 Å². The highest BCUT2D eigenvalue weighted by Crippen LogP contribution is 2.13. The Kier molecular flexibility index (Phi) is 5.96. The molecule has 0 saturated carbocycles. The number of carbonyl (C=O) groups excluding carboxylic acids is 1. The molecule has 0 bridgehead atoms. The maximum atomic E-state index is 11.7. The van der Waals surface area contributed by atoms with Gasteiger partial charge in [0, 0.05) is 19.5 Å². The van der Waals surface area contributed by atoms with Gasteiger partial charge in [-0.3, -0.25) is 4.79 Å². The molecular formula is C10H19N5OS. The minimum atomic E-state index is -0.0306. The molecule has 0 aliphatic rings. The number of tetrazole rings is 1. The molecule has 0 aliphatic heterocycles. The zero-order chi connectivity index (χ0) is 12.7. The lowest BCUT2D eigenvalue weighted by Gasteiger charge is -2.13. The van der Waals surface area contributed by atoms with Crippen LogP contribution in [-0.4, -0.2) is 44.2 Å². The molecule has 0 aromatic carbocycles. The lowest BCUT2D eigenvalue weighted by Crippen LogP contribution is -2.32. The van der Waals surface area contributed by atoms with Crippen molar-refractivity contribution in [1.82, 2.24) is 25.5 Å². The summed E-state index contributed by atoms with van der Waals surface area (Å²) >= 11 is 1.56. The van der Waals surface area contributed by atoms with Gasteiger partial charge in [-0.25, -0.2) is 4.68 Å². The molecule has 1 unspecified atom stereocenters. The highest BCUT2D eigenvalue weighted by Gasteiger charge is 2.17. The Morgan fingerprint density at radius 2 is 2.29 bits per heavy atom. The largest absolute Gasteiger partial charge is 0.355 e. The van der Waals surface area contributed by atoms with Crippen LogP contribution in [0.2, 0.25) is 0 Å². The van der Waals surface area contributed by atoms with E-state index in [1.54, 1.807) is 16.4 Å². The standard InChI is InChI=1S/C10H19N5OS/c1-4-11-10(16)8(17-3)6-7-9-12-13-14-15(9)5-2/h8H,4-7H2,1-3H3,(H,11,16). The third-order valence-electron chi connectivity index (χ3n) is 2.46. The van der Waals surface area contributed by atoms with Crippen LogP contribution in [0.1, 0.15) is 26.1 Å². The smallest absolute Gasteiger partial charge is 0.233 e. The van der Waals surface area contributed by atoms with E-state index in [0.29, 0.717) is 6.54 Å². The van der Waals surface area contributed by atoms with E-state index in [2.05, 4.69) is 20.8 Å². The van der Waals surface area contributed by atoms with E-state index in [0.717, 1.165) is 25.2 Å². The third kappa shape index (κ3) is 3.99.